The Morgan fingerprint density at radius 1 is 1.27 bits per heavy atom. The third-order valence-corrected chi connectivity index (χ3v) is 2.44. The number of rotatable bonds is 6. The molecule has 0 aromatic heterocycles. The lowest BCUT2D eigenvalue weighted by Gasteiger charge is -2.15. The van der Waals surface area contributed by atoms with Crippen LogP contribution in [0.3, 0.4) is 0 Å². The molecule has 0 bridgehead atoms. The average Bonchev–Trinajstić information content (AvgIpc) is 2.24. The monoisotopic (exact) mass is 234 g/mol. The number of carbonyl (C=O) groups excluding carboxylic acids is 2. The van der Waals surface area contributed by atoms with Gasteiger partial charge in [-0.2, -0.15) is 0 Å². The third-order valence-electron chi connectivity index (χ3n) is 1.98. The van der Waals surface area contributed by atoms with Crippen LogP contribution in [0.1, 0.15) is 27.2 Å². The minimum absolute atomic E-state index is 0.160. The molecule has 5 heteroatoms. The van der Waals surface area contributed by atoms with Crippen molar-refractivity contribution in [3.63, 3.8) is 0 Å². The highest BCUT2D eigenvalue weighted by molar-refractivity contribution is 6.19. The quantitative estimate of drug-likeness (QED) is 0.671. The second-order valence-corrected chi connectivity index (χ2v) is 3.89. The number of alkyl halides is 1. The van der Waals surface area contributed by atoms with Crippen molar-refractivity contribution in [1.82, 2.24) is 10.6 Å². The summed E-state index contributed by atoms with van der Waals surface area (Å²) in [6, 6.07) is -0.505. The lowest BCUT2D eigenvalue weighted by molar-refractivity contribution is -0.130. The molecule has 0 saturated carbocycles. The van der Waals surface area contributed by atoms with Crippen molar-refractivity contribution in [3.8, 4) is 0 Å². The van der Waals surface area contributed by atoms with Crippen LogP contribution in [0.2, 0.25) is 0 Å². The summed E-state index contributed by atoms with van der Waals surface area (Å²) in [5, 5.41) is 5.31. The van der Waals surface area contributed by atoms with Gasteiger partial charge in [0.05, 0.1) is 0 Å². The molecule has 0 aromatic rings. The molecule has 15 heavy (non-hydrogen) atoms. The molecule has 0 aliphatic carbocycles. The van der Waals surface area contributed by atoms with E-state index >= 15 is 0 Å². The first kappa shape index (κ1) is 14.2. The first-order valence-corrected chi connectivity index (χ1v) is 5.70. The lowest BCUT2D eigenvalue weighted by atomic mass is 10.2. The van der Waals surface area contributed by atoms with Gasteiger partial charge in [0.2, 0.25) is 11.8 Å². The van der Waals surface area contributed by atoms with Crippen molar-refractivity contribution in [1.29, 1.82) is 0 Å². The molecule has 0 heterocycles. The normalized spacial score (nSPS) is 14.1. The zero-order valence-corrected chi connectivity index (χ0v) is 10.2. The molecule has 0 aromatic carbocycles. The molecule has 0 saturated heterocycles. The van der Waals surface area contributed by atoms with E-state index in [4.69, 9.17) is 11.6 Å². The molecule has 0 spiro atoms. The van der Waals surface area contributed by atoms with Crippen LogP contribution in [0, 0.1) is 5.92 Å². The van der Waals surface area contributed by atoms with Gasteiger partial charge in [0.15, 0.2) is 0 Å². The Hall–Kier alpha value is -0.770. The summed E-state index contributed by atoms with van der Waals surface area (Å²) in [6.07, 6.45) is 0.879. The summed E-state index contributed by atoms with van der Waals surface area (Å²) < 4.78 is 0. The van der Waals surface area contributed by atoms with Gasteiger partial charge >= 0.3 is 0 Å². The first-order chi connectivity index (χ1) is 7.02. The molecule has 4 nitrogen and oxygen atoms in total. The number of hydrogen-bond donors (Lipinski definition) is 2. The Balaban J connectivity index is 3.95. The fourth-order valence-electron chi connectivity index (χ4n) is 0.893. The van der Waals surface area contributed by atoms with Crippen LogP contribution in [0.25, 0.3) is 0 Å². The minimum atomic E-state index is -0.505. The topological polar surface area (TPSA) is 58.2 Å². The Bertz CT molecular complexity index is 221. The van der Waals surface area contributed by atoms with E-state index < -0.39 is 6.04 Å². The first-order valence-electron chi connectivity index (χ1n) is 5.17. The molecule has 88 valence electrons. The van der Waals surface area contributed by atoms with Crippen LogP contribution in [-0.4, -0.2) is 30.3 Å². The van der Waals surface area contributed by atoms with Crippen LogP contribution >= 0.6 is 11.6 Å². The maximum absolute atomic E-state index is 11.4. The molecule has 0 aliphatic rings. The predicted octanol–water partition coefficient (Wildman–Crippen LogP) is 0.892. The van der Waals surface area contributed by atoms with Crippen molar-refractivity contribution in [2.45, 2.75) is 33.2 Å². The fourth-order valence-corrected chi connectivity index (χ4v) is 1.03. The van der Waals surface area contributed by atoms with Gasteiger partial charge in [-0.25, -0.2) is 0 Å². The highest BCUT2D eigenvalue weighted by atomic mass is 35.5. The van der Waals surface area contributed by atoms with E-state index in [1.54, 1.807) is 13.8 Å². The maximum atomic E-state index is 11.4. The molecular weight excluding hydrogens is 216 g/mol. The summed E-state index contributed by atoms with van der Waals surface area (Å²) in [7, 11) is 0. The van der Waals surface area contributed by atoms with Crippen LogP contribution < -0.4 is 10.6 Å². The Kier molecular flexibility index (Phi) is 7.13. The van der Waals surface area contributed by atoms with Crippen LogP contribution in [0.4, 0.5) is 0 Å². The molecule has 0 radical (unpaired) electrons. The van der Waals surface area contributed by atoms with Crippen molar-refractivity contribution in [2.75, 3.05) is 12.4 Å². The number of carbonyl (C=O) groups is 2. The van der Waals surface area contributed by atoms with E-state index in [9.17, 15) is 9.59 Å². The lowest BCUT2D eigenvalue weighted by Crippen LogP contribution is -2.46. The second-order valence-electron chi connectivity index (χ2n) is 3.58. The molecule has 2 N–H and O–H groups in total. The van der Waals surface area contributed by atoms with Gasteiger partial charge in [0.1, 0.15) is 6.04 Å². The van der Waals surface area contributed by atoms with Crippen LogP contribution in [0.15, 0.2) is 0 Å². The van der Waals surface area contributed by atoms with Crippen molar-refractivity contribution in [3.05, 3.63) is 0 Å². The van der Waals surface area contributed by atoms with Gasteiger partial charge < -0.3 is 10.6 Å². The number of halogens is 1. The van der Waals surface area contributed by atoms with E-state index in [1.165, 1.54) is 0 Å². The van der Waals surface area contributed by atoms with Gasteiger partial charge in [-0.3, -0.25) is 9.59 Å². The van der Waals surface area contributed by atoms with E-state index in [1.807, 2.05) is 6.92 Å². The van der Waals surface area contributed by atoms with Crippen LogP contribution in [0.5, 0.6) is 0 Å². The molecule has 0 rings (SSSR count). The van der Waals surface area contributed by atoms with Gasteiger partial charge in [-0.1, -0.05) is 13.8 Å². The fraction of sp³-hybridized carbons (Fsp3) is 0.800. The largest absolute Gasteiger partial charge is 0.354 e. The number of amides is 2. The van der Waals surface area contributed by atoms with Crippen LogP contribution in [-0.2, 0) is 9.59 Å². The summed E-state index contributed by atoms with van der Waals surface area (Å²) in [6.45, 7) is 5.98. The minimum Gasteiger partial charge on any atom is -0.354 e. The van der Waals surface area contributed by atoms with Gasteiger partial charge in [-0.05, 0) is 13.3 Å². The molecule has 0 fully saturated rings. The van der Waals surface area contributed by atoms with Crippen molar-refractivity contribution >= 4 is 23.4 Å². The van der Waals surface area contributed by atoms with Crippen molar-refractivity contribution in [2.24, 2.45) is 5.92 Å². The smallest absolute Gasteiger partial charge is 0.242 e. The van der Waals surface area contributed by atoms with Gasteiger partial charge in [0.25, 0.3) is 0 Å². The summed E-state index contributed by atoms with van der Waals surface area (Å²) in [5.74, 6) is -0.362. The highest BCUT2D eigenvalue weighted by Gasteiger charge is 2.18. The van der Waals surface area contributed by atoms with E-state index in [0.717, 1.165) is 6.42 Å². The number of hydrogen-bond acceptors (Lipinski definition) is 2. The van der Waals surface area contributed by atoms with E-state index in [-0.39, 0.29) is 23.6 Å². The summed E-state index contributed by atoms with van der Waals surface area (Å²) in [4.78, 5) is 22.8. The number of nitrogens with one attached hydrogen (secondary N) is 2. The zero-order valence-electron chi connectivity index (χ0n) is 9.47. The Morgan fingerprint density at radius 3 is 2.33 bits per heavy atom. The molecule has 2 amide bonds. The SMILES string of the molecule is CCCNC(=O)C(C)NC(=O)C(C)CCl. The standard InChI is InChI=1S/C10H19ClN2O2/c1-4-5-12-10(15)8(3)13-9(14)7(2)6-11/h7-8H,4-6H2,1-3H3,(H,12,15)(H,13,14). The summed E-state index contributed by atoms with van der Waals surface area (Å²) in [5.41, 5.74) is 0. The van der Waals surface area contributed by atoms with Crippen molar-refractivity contribution < 1.29 is 9.59 Å². The van der Waals surface area contributed by atoms with E-state index in [2.05, 4.69) is 10.6 Å². The predicted molar refractivity (Wildman–Crippen MR) is 60.8 cm³/mol. The average molecular weight is 235 g/mol. The van der Waals surface area contributed by atoms with E-state index in [0.29, 0.717) is 6.54 Å². The van der Waals surface area contributed by atoms with Gasteiger partial charge in [0, 0.05) is 18.3 Å². The second kappa shape index (κ2) is 7.51. The maximum Gasteiger partial charge on any atom is 0.242 e. The van der Waals surface area contributed by atoms with Gasteiger partial charge in [-0.15, -0.1) is 11.6 Å². The third kappa shape index (κ3) is 5.62. The molecule has 2 unspecified atom stereocenters. The summed E-state index contributed by atoms with van der Waals surface area (Å²) >= 11 is 5.53. The Labute approximate surface area is 95.7 Å². The molecule has 2 atom stereocenters. The molecular formula is C10H19ClN2O2. The Morgan fingerprint density at radius 2 is 1.87 bits per heavy atom. The highest BCUT2D eigenvalue weighted by Crippen LogP contribution is 1.98. The zero-order chi connectivity index (χ0) is 11.8. The molecule has 0 aliphatic heterocycles.